The van der Waals surface area contributed by atoms with Crippen molar-refractivity contribution in [1.29, 1.82) is 0 Å². The fraction of sp³-hybridized carbons (Fsp3) is 0.115. The van der Waals surface area contributed by atoms with Crippen molar-refractivity contribution in [1.82, 2.24) is 0 Å². The van der Waals surface area contributed by atoms with Crippen molar-refractivity contribution >= 4 is 5.97 Å². The SMILES string of the molecule is CC(C)OC(=O)/C(=C/[C]1[CH][CH][CH][CH]1)[C]1[CH][CH][CH][CH]1.[CH]1[CH][CH][CH][CH]1.[CH]1[CH][CH][CH][CH]1.[Fe+2].[Fe+2]. The maximum atomic E-state index is 12.1. The number of hydrogen-bond acceptors (Lipinski definition) is 2. The van der Waals surface area contributed by atoms with Gasteiger partial charge in [0.05, 0.1) is 6.10 Å². The molecule has 0 aromatic rings. The van der Waals surface area contributed by atoms with Crippen LogP contribution in [-0.4, -0.2) is 12.1 Å². The van der Waals surface area contributed by atoms with Gasteiger partial charge in [-0.1, -0.05) is 6.08 Å². The zero-order chi connectivity index (χ0) is 20.0. The Kier molecular flexibility index (Phi) is 18.9. The van der Waals surface area contributed by atoms with E-state index in [0.29, 0.717) is 5.57 Å². The molecular formula is C26H26Fe2O2+4. The van der Waals surface area contributed by atoms with Crippen LogP contribution in [0.5, 0.6) is 0 Å². The van der Waals surface area contributed by atoms with E-state index in [1.54, 1.807) is 0 Å². The second-order valence-corrected chi connectivity index (χ2v) is 6.33. The molecule has 0 amide bonds. The Labute approximate surface area is 208 Å². The minimum absolute atomic E-state index is 0. The van der Waals surface area contributed by atoms with Crippen LogP contribution in [0.4, 0.5) is 0 Å². The van der Waals surface area contributed by atoms with Crippen molar-refractivity contribution in [3.8, 4) is 0 Å². The van der Waals surface area contributed by atoms with Gasteiger partial charge in [-0.25, -0.2) is 4.79 Å². The van der Waals surface area contributed by atoms with Gasteiger partial charge in [0.2, 0.25) is 0 Å². The summed E-state index contributed by atoms with van der Waals surface area (Å²) in [6.45, 7) is 3.70. The molecule has 0 aliphatic heterocycles. The molecule has 0 aromatic heterocycles. The number of carbonyl (C=O) groups is 1. The van der Waals surface area contributed by atoms with Crippen molar-refractivity contribution in [3.05, 3.63) is 139 Å². The summed E-state index contributed by atoms with van der Waals surface area (Å²) in [5.74, 6) is 1.62. The third kappa shape index (κ3) is 12.9. The van der Waals surface area contributed by atoms with Gasteiger partial charge in [-0.15, -0.1) is 0 Å². The summed E-state index contributed by atoms with van der Waals surface area (Å²) in [4.78, 5) is 12.1. The van der Waals surface area contributed by atoms with Crippen LogP contribution in [0.15, 0.2) is 11.6 Å². The molecular weight excluding hydrogens is 456 g/mol. The quantitative estimate of drug-likeness (QED) is 0.330. The molecule has 0 saturated heterocycles. The number of esters is 1. The Morgan fingerprint density at radius 3 is 1.40 bits per heavy atom. The summed E-state index contributed by atoms with van der Waals surface area (Å²) >= 11 is 0. The number of allylic oxidation sites excluding steroid dienone is 1. The number of rotatable bonds is 4. The Morgan fingerprint density at radius 2 is 1.03 bits per heavy atom. The molecule has 4 aliphatic rings. The van der Waals surface area contributed by atoms with Crippen molar-refractivity contribution in [2.75, 3.05) is 0 Å². The van der Waals surface area contributed by atoms with Crippen LogP contribution in [0.2, 0.25) is 0 Å². The smallest absolute Gasteiger partial charge is 0.460 e. The Hall–Kier alpha value is 0.249. The fourth-order valence-corrected chi connectivity index (χ4v) is 2.38. The monoisotopic (exact) mass is 482 g/mol. The van der Waals surface area contributed by atoms with E-state index in [1.165, 1.54) is 0 Å². The molecule has 0 aromatic carbocycles. The van der Waals surface area contributed by atoms with Gasteiger partial charge in [0, 0.05) is 17.4 Å². The summed E-state index contributed by atoms with van der Waals surface area (Å²) in [6.07, 6.45) is 37.2. The first-order chi connectivity index (χ1) is 13.7. The maximum absolute atomic E-state index is 12.1. The summed E-state index contributed by atoms with van der Waals surface area (Å²) in [6, 6.07) is 0. The van der Waals surface area contributed by atoms with Crippen LogP contribution in [0, 0.1) is 127 Å². The van der Waals surface area contributed by atoms with E-state index in [0.717, 1.165) is 11.8 Å². The average molecular weight is 482 g/mol. The van der Waals surface area contributed by atoms with Crippen LogP contribution >= 0.6 is 0 Å². The minimum Gasteiger partial charge on any atom is -0.460 e. The summed E-state index contributed by atoms with van der Waals surface area (Å²) in [5, 5.41) is 0. The predicted octanol–water partition coefficient (Wildman–Crippen LogP) is 4.71. The van der Waals surface area contributed by atoms with Crippen LogP contribution in [-0.2, 0) is 43.7 Å². The topological polar surface area (TPSA) is 26.3 Å². The minimum atomic E-state index is -0.280. The molecule has 4 saturated carbocycles. The molecule has 0 unspecified atom stereocenters. The number of ether oxygens (including phenoxy) is 1. The second kappa shape index (κ2) is 18.8. The first-order valence-electron chi connectivity index (χ1n) is 9.36. The van der Waals surface area contributed by atoms with Crippen LogP contribution in [0.3, 0.4) is 0 Å². The van der Waals surface area contributed by atoms with Gasteiger partial charge < -0.3 is 4.74 Å². The van der Waals surface area contributed by atoms with Crippen molar-refractivity contribution < 1.29 is 43.7 Å². The second-order valence-electron chi connectivity index (χ2n) is 6.33. The molecule has 4 heteroatoms. The van der Waals surface area contributed by atoms with Gasteiger partial charge in [-0.2, -0.15) is 0 Å². The van der Waals surface area contributed by atoms with Gasteiger partial charge in [-0.05, 0) is 129 Å². The zero-order valence-electron chi connectivity index (χ0n) is 17.1. The fourth-order valence-electron chi connectivity index (χ4n) is 2.38. The Bertz CT molecular complexity index is 417. The van der Waals surface area contributed by atoms with E-state index >= 15 is 0 Å². The molecule has 0 heterocycles. The molecule has 0 atom stereocenters. The molecule has 20 radical (unpaired) electrons. The van der Waals surface area contributed by atoms with Crippen molar-refractivity contribution in [2.24, 2.45) is 0 Å². The normalized spacial score (nSPS) is 21.8. The van der Waals surface area contributed by atoms with Crippen molar-refractivity contribution in [3.63, 3.8) is 0 Å². The summed E-state index contributed by atoms with van der Waals surface area (Å²) in [5.41, 5.74) is 0.597. The Balaban J connectivity index is 0.000000575. The van der Waals surface area contributed by atoms with E-state index in [2.05, 4.69) is 0 Å². The van der Waals surface area contributed by atoms with Gasteiger partial charge in [0.1, 0.15) is 0 Å². The van der Waals surface area contributed by atoms with Crippen LogP contribution in [0.1, 0.15) is 13.8 Å². The third-order valence-electron chi connectivity index (χ3n) is 3.65. The Morgan fingerprint density at radius 1 is 0.667 bits per heavy atom. The zero-order valence-corrected chi connectivity index (χ0v) is 19.3. The first kappa shape index (κ1) is 30.2. The van der Waals surface area contributed by atoms with E-state index in [9.17, 15) is 4.79 Å². The molecule has 2 nitrogen and oxygen atoms in total. The molecule has 0 N–H and O–H groups in total. The molecule has 4 rings (SSSR count). The van der Waals surface area contributed by atoms with Gasteiger partial charge in [0.25, 0.3) is 0 Å². The van der Waals surface area contributed by atoms with E-state index in [4.69, 9.17) is 4.74 Å². The van der Waals surface area contributed by atoms with Gasteiger partial charge in [0.15, 0.2) is 0 Å². The molecule has 154 valence electrons. The maximum Gasteiger partial charge on any atom is 2.00 e. The van der Waals surface area contributed by atoms with E-state index in [1.807, 2.05) is 135 Å². The molecule has 4 aliphatic carbocycles. The number of hydrogen-bond donors (Lipinski definition) is 0. The van der Waals surface area contributed by atoms with Crippen molar-refractivity contribution in [2.45, 2.75) is 20.0 Å². The largest absolute Gasteiger partial charge is 2.00 e. The number of carbonyl (C=O) groups excluding carboxylic acids is 1. The first-order valence-corrected chi connectivity index (χ1v) is 9.36. The van der Waals surface area contributed by atoms with Gasteiger partial charge in [-0.3, -0.25) is 0 Å². The average Bonchev–Trinajstić information content (AvgIpc) is 3.50. The summed E-state index contributed by atoms with van der Waals surface area (Å²) < 4.78 is 5.28. The standard InChI is InChI=1S/C16H16O2.2C5H5.2Fe/c1-12(2)18-16(17)15(14-9-5-6-10-14)11-13-7-3-4-8-13;2*1-2-4-5-3-1;;/h3-12H,1-2H3;2*1-5H;;/q;;;2*+2/b15-11+;;;;. The van der Waals surface area contributed by atoms with E-state index < -0.39 is 0 Å². The summed E-state index contributed by atoms with van der Waals surface area (Å²) in [7, 11) is 0. The van der Waals surface area contributed by atoms with Gasteiger partial charge >= 0.3 is 40.1 Å². The predicted molar refractivity (Wildman–Crippen MR) is 113 cm³/mol. The molecule has 0 bridgehead atoms. The van der Waals surface area contributed by atoms with Crippen LogP contribution < -0.4 is 0 Å². The van der Waals surface area contributed by atoms with E-state index in [-0.39, 0.29) is 46.2 Å². The third-order valence-corrected chi connectivity index (χ3v) is 3.65. The molecule has 4 fully saturated rings. The molecule has 0 spiro atoms. The molecule has 30 heavy (non-hydrogen) atoms. The van der Waals surface area contributed by atoms with Crippen LogP contribution in [0.25, 0.3) is 0 Å².